The zero-order valence-electron chi connectivity index (χ0n) is 13.1. The molecule has 0 bridgehead atoms. The summed E-state index contributed by atoms with van der Waals surface area (Å²) in [5, 5.41) is 3.35. The molecule has 0 aliphatic carbocycles. The monoisotopic (exact) mass is 365 g/mol. The summed E-state index contributed by atoms with van der Waals surface area (Å²) in [5.41, 5.74) is 1.37. The van der Waals surface area contributed by atoms with Gasteiger partial charge in [0.15, 0.2) is 6.10 Å². The number of carbonyl (C=O) groups excluding carboxylic acids is 2. The van der Waals surface area contributed by atoms with Crippen LogP contribution < -0.4 is 5.32 Å². The van der Waals surface area contributed by atoms with Crippen molar-refractivity contribution in [1.29, 1.82) is 0 Å². The predicted octanol–water partition coefficient (Wildman–Crippen LogP) is 3.90. The Labute approximate surface area is 150 Å². The second-order valence-electron chi connectivity index (χ2n) is 5.20. The average Bonchev–Trinajstić information content (AvgIpc) is 2.58. The van der Waals surface area contributed by atoms with Crippen LogP contribution >= 0.6 is 23.2 Å². The van der Waals surface area contributed by atoms with Gasteiger partial charge in [0.05, 0.1) is 15.6 Å². The summed E-state index contributed by atoms with van der Waals surface area (Å²) < 4.78 is 5.14. The lowest BCUT2D eigenvalue weighted by atomic mass is 10.1. The van der Waals surface area contributed by atoms with E-state index in [1.807, 2.05) is 30.3 Å². The Bertz CT molecular complexity index is 719. The average molecular weight is 366 g/mol. The van der Waals surface area contributed by atoms with Crippen molar-refractivity contribution >= 4 is 35.1 Å². The topological polar surface area (TPSA) is 55.4 Å². The van der Waals surface area contributed by atoms with E-state index < -0.39 is 12.1 Å². The number of rotatable bonds is 6. The highest BCUT2D eigenvalue weighted by atomic mass is 35.5. The van der Waals surface area contributed by atoms with Crippen molar-refractivity contribution in [3.8, 4) is 0 Å². The second kappa shape index (κ2) is 8.71. The van der Waals surface area contributed by atoms with Crippen molar-refractivity contribution in [2.45, 2.75) is 19.4 Å². The molecule has 0 fully saturated rings. The Hall–Kier alpha value is -2.04. The van der Waals surface area contributed by atoms with Crippen LogP contribution in [-0.2, 0) is 16.0 Å². The van der Waals surface area contributed by atoms with Gasteiger partial charge in [-0.1, -0.05) is 53.5 Å². The van der Waals surface area contributed by atoms with Gasteiger partial charge in [0.1, 0.15) is 0 Å². The van der Waals surface area contributed by atoms with Gasteiger partial charge in [-0.2, -0.15) is 0 Å². The molecular formula is C18H17Cl2NO3. The molecule has 0 saturated carbocycles. The molecule has 0 aliphatic heterocycles. The molecule has 0 aromatic heterocycles. The molecule has 1 atom stereocenters. The van der Waals surface area contributed by atoms with Crippen LogP contribution in [-0.4, -0.2) is 24.5 Å². The number of halogens is 2. The van der Waals surface area contributed by atoms with Crippen LogP contribution in [0.1, 0.15) is 22.8 Å². The molecule has 1 N–H and O–H groups in total. The van der Waals surface area contributed by atoms with E-state index in [-0.39, 0.29) is 16.5 Å². The van der Waals surface area contributed by atoms with E-state index >= 15 is 0 Å². The molecule has 6 heteroatoms. The van der Waals surface area contributed by atoms with Gasteiger partial charge in [-0.15, -0.1) is 0 Å². The van der Waals surface area contributed by atoms with Gasteiger partial charge in [0, 0.05) is 6.54 Å². The van der Waals surface area contributed by atoms with Crippen molar-refractivity contribution < 1.29 is 14.3 Å². The summed E-state index contributed by atoms with van der Waals surface area (Å²) in [6, 6.07) is 14.2. The Kier molecular flexibility index (Phi) is 6.64. The first-order chi connectivity index (χ1) is 11.5. The molecule has 4 nitrogen and oxygen atoms in total. The quantitative estimate of drug-likeness (QED) is 0.789. The molecule has 1 amide bonds. The molecule has 0 unspecified atom stereocenters. The van der Waals surface area contributed by atoms with E-state index in [9.17, 15) is 9.59 Å². The molecule has 0 spiro atoms. The maximum Gasteiger partial charge on any atom is 0.338 e. The maximum atomic E-state index is 12.0. The first-order valence-corrected chi connectivity index (χ1v) is 8.20. The van der Waals surface area contributed by atoms with Gasteiger partial charge in [-0.25, -0.2) is 4.79 Å². The zero-order valence-corrected chi connectivity index (χ0v) is 14.6. The number of carbonyl (C=O) groups is 2. The van der Waals surface area contributed by atoms with Gasteiger partial charge >= 0.3 is 5.97 Å². The van der Waals surface area contributed by atoms with E-state index in [0.29, 0.717) is 18.0 Å². The largest absolute Gasteiger partial charge is 0.449 e. The highest BCUT2D eigenvalue weighted by molar-refractivity contribution is 6.42. The number of hydrogen-bond acceptors (Lipinski definition) is 3. The zero-order chi connectivity index (χ0) is 17.5. The van der Waals surface area contributed by atoms with E-state index in [0.717, 1.165) is 5.56 Å². The third kappa shape index (κ3) is 5.25. The van der Waals surface area contributed by atoms with Gasteiger partial charge in [0.25, 0.3) is 5.91 Å². The number of ether oxygens (including phenoxy) is 1. The summed E-state index contributed by atoms with van der Waals surface area (Å²) in [4.78, 5) is 24.0. The van der Waals surface area contributed by atoms with Gasteiger partial charge in [-0.05, 0) is 37.1 Å². The third-order valence-corrected chi connectivity index (χ3v) is 4.10. The maximum absolute atomic E-state index is 12.0. The van der Waals surface area contributed by atoms with Crippen LogP contribution in [0.25, 0.3) is 0 Å². The predicted molar refractivity (Wildman–Crippen MR) is 94.5 cm³/mol. The number of nitrogens with one attached hydrogen (secondary N) is 1. The van der Waals surface area contributed by atoms with Crippen LogP contribution in [0, 0.1) is 0 Å². The Morgan fingerprint density at radius 1 is 1.08 bits per heavy atom. The smallest absolute Gasteiger partial charge is 0.338 e. The molecule has 0 aliphatic rings. The minimum atomic E-state index is -0.900. The van der Waals surface area contributed by atoms with Crippen LogP contribution in [0.2, 0.25) is 10.0 Å². The van der Waals surface area contributed by atoms with E-state index in [4.69, 9.17) is 27.9 Å². The number of benzene rings is 2. The van der Waals surface area contributed by atoms with E-state index in [2.05, 4.69) is 5.32 Å². The van der Waals surface area contributed by atoms with Gasteiger partial charge in [0.2, 0.25) is 0 Å². The standard InChI is InChI=1S/C18H17Cl2NO3/c1-12(17(22)21-10-9-13-5-3-2-4-6-13)24-18(23)14-7-8-15(19)16(20)11-14/h2-8,11-12H,9-10H2,1H3,(H,21,22)/t12-/m1/s1. The lowest BCUT2D eigenvalue weighted by molar-refractivity contribution is -0.129. The van der Waals surface area contributed by atoms with Crippen molar-refractivity contribution in [2.24, 2.45) is 0 Å². The minimum Gasteiger partial charge on any atom is -0.449 e. The molecule has 0 heterocycles. The van der Waals surface area contributed by atoms with Crippen LogP contribution in [0.15, 0.2) is 48.5 Å². The Morgan fingerprint density at radius 2 is 1.79 bits per heavy atom. The molecular weight excluding hydrogens is 349 g/mol. The first-order valence-electron chi connectivity index (χ1n) is 7.45. The van der Waals surface area contributed by atoms with E-state index in [1.165, 1.54) is 25.1 Å². The fourth-order valence-electron chi connectivity index (χ4n) is 2.02. The summed E-state index contributed by atoms with van der Waals surface area (Å²) in [7, 11) is 0. The SMILES string of the molecule is C[C@@H](OC(=O)c1ccc(Cl)c(Cl)c1)C(=O)NCCc1ccccc1. The number of amides is 1. The third-order valence-electron chi connectivity index (χ3n) is 3.36. The summed E-state index contributed by atoms with van der Waals surface area (Å²) in [6.45, 7) is 1.99. The highest BCUT2D eigenvalue weighted by Crippen LogP contribution is 2.23. The van der Waals surface area contributed by atoms with Crippen molar-refractivity contribution in [2.75, 3.05) is 6.54 Å². The molecule has 2 aromatic rings. The molecule has 2 aromatic carbocycles. The number of hydrogen-bond donors (Lipinski definition) is 1. The second-order valence-corrected chi connectivity index (χ2v) is 6.02. The van der Waals surface area contributed by atoms with Crippen molar-refractivity contribution in [3.63, 3.8) is 0 Å². The molecule has 0 radical (unpaired) electrons. The fourth-order valence-corrected chi connectivity index (χ4v) is 2.32. The molecule has 2 rings (SSSR count). The highest BCUT2D eigenvalue weighted by Gasteiger charge is 2.19. The lowest BCUT2D eigenvalue weighted by Crippen LogP contribution is -2.36. The molecule has 24 heavy (non-hydrogen) atoms. The Morgan fingerprint density at radius 3 is 2.46 bits per heavy atom. The first kappa shape index (κ1) is 18.3. The van der Waals surface area contributed by atoms with Gasteiger partial charge < -0.3 is 10.1 Å². The van der Waals surface area contributed by atoms with Crippen molar-refractivity contribution in [3.05, 3.63) is 69.7 Å². The minimum absolute atomic E-state index is 0.244. The van der Waals surface area contributed by atoms with Crippen LogP contribution in [0.4, 0.5) is 0 Å². The summed E-state index contributed by atoms with van der Waals surface area (Å²) >= 11 is 11.7. The summed E-state index contributed by atoms with van der Waals surface area (Å²) in [6.07, 6.45) is -0.192. The molecule has 0 saturated heterocycles. The normalized spacial score (nSPS) is 11.6. The molecule has 126 valence electrons. The van der Waals surface area contributed by atoms with E-state index in [1.54, 1.807) is 0 Å². The van der Waals surface area contributed by atoms with Crippen molar-refractivity contribution in [1.82, 2.24) is 5.32 Å². The van der Waals surface area contributed by atoms with Gasteiger partial charge in [-0.3, -0.25) is 4.79 Å². The fraction of sp³-hybridized carbons (Fsp3) is 0.222. The summed E-state index contributed by atoms with van der Waals surface area (Å²) in [5.74, 6) is -0.974. The lowest BCUT2D eigenvalue weighted by Gasteiger charge is -2.13. The number of esters is 1. The Balaban J connectivity index is 1.82. The van der Waals surface area contributed by atoms with Crippen LogP contribution in [0.5, 0.6) is 0 Å². The van der Waals surface area contributed by atoms with Crippen LogP contribution in [0.3, 0.4) is 0 Å².